The molecule has 26 heteroatoms. The van der Waals surface area contributed by atoms with Crippen LogP contribution in [0, 0.1) is 15.4 Å². The van der Waals surface area contributed by atoms with Crippen LogP contribution in [0.5, 0.6) is 0 Å². The molecule has 8 aromatic carbocycles. The van der Waals surface area contributed by atoms with Crippen molar-refractivity contribution < 1.29 is 96.8 Å². The predicted molar refractivity (Wildman–Crippen MR) is 447 cm³/mol. The van der Waals surface area contributed by atoms with Gasteiger partial charge in [-0.2, -0.15) is 0 Å². The molecule has 115 heavy (non-hydrogen) atoms. The number of carbonyl (C=O) groups is 10. The van der Waals surface area contributed by atoms with E-state index in [9.17, 15) is 47.9 Å². The highest BCUT2D eigenvalue weighted by Crippen LogP contribution is 2.44. The molecule has 0 radical (unpaired) electrons. The van der Waals surface area contributed by atoms with E-state index in [0.717, 1.165) is 82.8 Å². The average Bonchev–Trinajstić information content (AvgIpc) is 1.62. The summed E-state index contributed by atoms with van der Waals surface area (Å²) in [6, 6.07) is 57.6. The van der Waals surface area contributed by atoms with E-state index in [-0.39, 0.29) is 41.1 Å². The molecule has 0 fully saturated rings. The summed E-state index contributed by atoms with van der Waals surface area (Å²) in [7, 11) is 2.71. The SMILES string of the molecule is CC(C)(C)OC(=O)NCCCc1ccc(C(=O)O)cc1.CC(C)(C)OC(=O)NCCCc1ccc(C(=O)O)cc1.COC(=O)c1ccc(C#CCNC(=O)OC(C)(C)C)cc1.COC(=O)c1ccc(I)cc1.NCCCc1ccc(C(=O)O)cc1.O=C(NCCCc1ccc(C(=O)O)cc1)OCC1c2ccccc2-c2ccccc21. The number of hydrogen-bond acceptors (Lipinski definition) is 17. The highest BCUT2D eigenvalue weighted by Gasteiger charge is 2.29. The number of esters is 2. The van der Waals surface area contributed by atoms with E-state index >= 15 is 0 Å². The lowest BCUT2D eigenvalue weighted by atomic mass is 9.98. The minimum Gasteiger partial charge on any atom is -0.478 e. The number of aryl methyl sites for hydroxylation is 4. The van der Waals surface area contributed by atoms with E-state index in [1.165, 1.54) is 36.5 Å². The van der Waals surface area contributed by atoms with Crippen LogP contribution in [-0.4, -0.2) is 151 Å². The molecule has 0 saturated carbocycles. The summed E-state index contributed by atoms with van der Waals surface area (Å²) < 4.78 is 31.1. The minimum absolute atomic E-state index is 0.0518. The summed E-state index contributed by atoms with van der Waals surface area (Å²) in [5, 5.41) is 45.8. The van der Waals surface area contributed by atoms with Gasteiger partial charge in [-0.3, -0.25) is 0 Å². The maximum atomic E-state index is 12.2. The monoisotopic (exact) mass is 1690 g/mol. The summed E-state index contributed by atoms with van der Waals surface area (Å²) in [6.07, 6.45) is 4.68. The molecule has 612 valence electrons. The molecule has 8 aromatic rings. The molecule has 0 atom stereocenters. The lowest BCUT2D eigenvalue weighted by Crippen LogP contribution is -2.33. The number of nitrogens with one attached hydrogen (secondary N) is 4. The Morgan fingerprint density at radius 3 is 1.00 bits per heavy atom. The zero-order valence-electron chi connectivity index (χ0n) is 66.7. The third-order valence-corrected chi connectivity index (χ3v) is 16.6. The fourth-order valence-corrected chi connectivity index (χ4v) is 10.7. The Hall–Kier alpha value is -12.1. The van der Waals surface area contributed by atoms with Gasteiger partial charge < -0.3 is 75.8 Å². The van der Waals surface area contributed by atoms with E-state index in [0.29, 0.717) is 49.5 Å². The first-order valence-electron chi connectivity index (χ1n) is 37.0. The molecule has 1 aliphatic carbocycles. The maximum Gasteiger partial charge on any atom is 0.408 e. The number of carboxylic acids is 4. The number of fused-ring (bicyclic) bond motifs is 3. The van der Waals surface area contributed by atoms with Crippen molar-refractivity contribution in [2.75, 3.05) is 53.6 Å². The Labute approximate surface area is 685 Å². The Morgan fingerprint density at radius 1 is 0.391 bits per heavy atom. The van der Waals surface area contributed by atoms with Gasteiger partial charge in [0.25, 0.3) is 0 Å². The summed E-state index contributed by atoms with van der Waals surface area (Å²) in [5.41, 5.74) is 15.9. The predicted octanol–water partition coefficient (Wildman–Crippen LogP) is 16.2. The molecule has 10 N–H and O–H groups in total. The van der Waals surface area contributed by atoms with E-state index in [1.807, 2.05) is 90.1 Å². The molecule has 0 bridgehead atoms. The molecule has 0 unspecified atom stereocenters. The zero-order chi connectivity index (χ0) is 85.1. The van der Waals surface area contributed by atoms with E-state index in [2.05, 4.69) is 89.4 Å². The van der Waals surface area contributed by atoms with Gasteiger partial charge in [0.05, 0.1) is 54.1 Å². The number of amides is 4. The normalized spacial score (nSPS) is 10.8. The summed E-state index contributed by atoms with van der Waals surface area (Å²) in [6.45, 7) is 19.0. The number of carbonyl (C=O) groups excluding carboxylic acids is 6. The van der Waals surface area contributed by atoms with Crippen LogP contribution in [0.3, 0.4) is 0 Å². The van der Waals surface area contributed by atoms with Crippen molar-refractivity contribution in [1.82, 2.24) is 21.3 Å². The van der Waals surface area contributed by atoms with Crippen molar-refractivity contribution >= 4 is 82.8 Å². The number of benzene rings is 8. The summed E-state index contributed by atoms with van der Waals surface area (Å²) >= 11 is 2.18. The number of rotatable bonds is 24. The fourth-order valence-electron chi connectivity index (χ4n) is 10.4. The number of ether oxygens (including phenoxy) is 6. The fraction of sp³-hybridized carbons (Fsp3) is 0.326. The minimum atomic E-state index is -0.932. The molecule has 0 spiro atoms. The van der Waals surface area contributed by atoms with E-state index in [4.69, 9.17) is 45.1 Å². The van der Waals surface area contributed by atoms with Crippen LogP contribution in [0.4, 0.5) is 19.2 Å². The van der Waals surface area contributed by atoms with Crippen molar-refractivity contribution in [2.24, 2.45) is 5.73 Å². The molecular formula is C89H104IN5O20. The van der Waals surface area contributed by atoms with Gasteiger partial charge in [0.15, 0.2) is 0 Å². The van der Waals surface area contributed by atoms with E-state index in [1.54, 1.807) is 142 Å². The third-order valence-electron chi connectivity index (χ3n) is 15.9. The molecule has 4 amide bonds. The Kier molecular flexibility index (Phi) is 40.9. The molecule has 1 aliphatic rings. The van der Waals surface area contributed by atoms with Crippen LogP contribution >= 0.6 is 22.6 Å². The molecule has 25 nitrogen and oxygen atoms in total. The Bertz CT molecular complexity index is 4370. The van der Waals surface area contributed by atoms with Crippen molar-refractivity contribution in [2.45, 2.75) is 136 Å². The van der Waals surface area contributed by atoms with Crippen LogP contribution in [0.1, 0.15) is 195 Å². The quantitative estimate of drug-likeness (QED) is 0.00892. The summed E-state index contributed by atoms with van der Waals surface area (Å²) in [4.78, 5) is 111. The smallest absolute Gasteiger partial charge is 0.408 e. The van der Waals surface area contributed by atoms with E-state index < -0.39 is 65.1 Å². The summed E-state index contributed by atoms with van der Waals surface area (Å²) in [5.74, 6) is 1.38. The van der Waals surface area contributed by atoms with Gasteiger partial charge in [-0.05, 0) is 284 Å². The lowest BCUT2D eigenvalue weighted by molar-refractivity contribution is 0.0515. The Balaban J connectivity index is 0.000000299. The number of nitrogens with two attached hydrogens (primary N) is 1. The molecular weight excluding hydrogens is 1590 g/mol. The third kappa shape index (κ3) is 38.8. The van der Waals surface area contributed by atoms with Crippen molar-refractivity contribution in [1.29, 1.82) is 0 Å². The first-order chi connectivity index (χ1) is 54.5. The second-order valence-corrected chi connectivity index (χ2v) is 29.8. The number of methoxy groups -OCH3 is 2. The first kappa shape index (κ1) is 95.3. The Morgan fingerprint density at radius 2 is 0.687 bits per heavy atom. The first-order valence-corrected chi connectivity index (χ1v) is 38.1. The number of aromatic carboxylic acids is 4. The van der Waals surface area contributed by atoms with Crippen LogP contribution in [-0.2, 0) is 54.1 Å². The van der Waals surface area contributed by atoms with Crippen LogP contribution < -0.4 is 27.0 Å². The van der Waals surface area contributed by atoms with Crippen LogP contribution in [0.15, 0.2) is 194 Å². The second-order valence-electron chi connectivity index (χ2n) is 28.5. The highest BCUT2D eigenvalue weighted by atomic mass is 127. The van der Waals surface area contributed by atoms with Crippen LogP contribution in [0.2, 0.25) is 0 Å². The van der Waals surface area contributed by atoms with Gasteiger partial charge in [-0.25, -0.2) is 47.9 Å². The highest BCUT2D eigenvalue weighted by molar-refractivity contribution is 14.1. The largest absolute Gasteiger partial charge is 0.478 e. The van der Waals surface area contributed by atoms with Crippen molar-refractivity contribution in [3.8, 4) is 23.0 Å². The van der Waals surface area contributed by atoms with Gasteiger partial charge >= 0.3 is 60.2 Å². The molecule has 0 saturated heterocycles. The number of carboxylic acid groups (broad SMARTS) is 4. The van der Waals surface area contributed by atoms with Gasteiger partial charge in [0.2, 0.25) is 0 Å². The van der Waals surface area contributed by atoms with Gasteiger partial charge in [0, 0.05) is 34.7 Å². The number of halogens is 1. The molecule has 0 heterocycles. The number of hydrogen-bond donors (Lipinski definition) is 9. The molecule has 0 aliphatic heterocycles. The topological polar surface area (TPSA) is 381 Å². The maximum absolute atomic E-state index is 12.2. The molecule has 9 rings (SSSR count). The molecule has 0 aromatic heterocycles. The van der Waals surface area contributed by atoms with Gasteiger partial charge in [-0.1, -0.05) is 109 Å². The van der Waals surface area contributed by atoms with Gasteiger partial charge in [0.1, 0.15) is 23.4 Å². The van der Waals surface area contributed by atoms with Crippen molar-refractivity contribution in [3.63, 3.8) is 0 Å². The van der Waals surface area contributed by atoms with Gasteiger partial charge in [-0.15, -0.1) is 0 Å². The number of alkyl carbamates (subject to hydrolysis) is 4. The standard InChI is InChI=1S/C25H23NO4.C16H19NO4.2C15H21NO4.C10H13NO2.C8H7IO2/c27-24(28)18-13-11-17(12-14-18)6-5-15-26-25(29)30-16-23-21-9-3-1-7-19(21)20-8-2-4-10-22(20)23;1-16(2,3)21-15(19)17-11-5-6-12-7-9-13(10-8-12)14(18)20-4;2*1-15(2,3)20-14(19)16-10-4-5-11-6-8-12(9-7-11)13(17)18;11-7-1-2-8-3-5-9(6-4-8)10(12)13;1-11-8(10)6-2-4-7(9)5-3-6/h1-4,7-14,23H,5-6,15-16H2,(H,26,29)(H,27,28);7-10H,11H2,1-4H3,(H,17,19);2*6-9H,4-5,10H2,1-3H3,(H,16,19)(H,17,18);3-6H,1-2,7,11H2,(H,12,13);2-5H,1H3. The lowest BCUT2D eigenvalue weighted by Gasteiger charge is -2.19. The van der Waals surface area contributed by atoms with Crippen LogP contribution in [0.25, 0.3) is 11.1 Å². The zero-order valence-corrected chi connectivity index (χ0v) is 68.9. The second kappa shape index (κ2) is 49.4. The average molecular weight is 1690 g/mol. The van der Waals surface area contributed by atoms with Crippen molar-refractivity contribution in [3.05, 3.63) is 270 Å².